The zero-order valence-electron chi connectivity index (χ0n) is 11.7. The minimum atomic E-state index is -1.04. The predicted octanol–water partition coefficient (Wildman–Crippen LogP) is -0.120. The van der Waals surface area contributed by atoms with Gasteiger partial charge in [-0.2, -0.15) is 0 Å². The third kappa shape index (κ3) is 2.20. The van der Waals surface area contributed by atoms with Gasteiger partial charge in [0.05, 0.1) is 0 Å². The van der Waals surface area contributed by atoms with Crippen LogP contribution in [0.25, 0.3) is 32.3 Å². The minimum Gasteiger partial charge on any atom is -0.550 e. The summed E-state index contributed by atoms with van der Waals surface area (Å²) in [6.07, 6.45) is -0.0475. The molecule has 3 heteroatoms. The van der Waals surface area contributed by atoms with Crippen LogP contribution in [0.1, 0.15) is 5.56 Å². The second-order valence-corrected chi connectivity index (χ2v) is 5.13. The quantitative estimate of drug-likeness (QED) is 0.380. The van der Waals surface area contributed by atoms with Gasteiger partial charge in [-0.3, -0.25) is 0 Å². The van der Waals surface area contributed by atoms with Crippen molar-refractivity contribution in [1.82, 2.24) is 0 Å². The second kappa shape index (κ2) is 5.30. The minimum absolute atomic E-state index is 0. The fourth-order valence-corrected chi connectivity index (χ4v) is 3.11. The molecule has 0 fully saturated rings. The Morgan fingerprint density at radius 1 is 0.810 bits per heavy atom. The fraction of sp³-hybridized carbons (Fsp3) is 0.0556. The molecule has 96 valence electrons. The van der Waals surface area contributed by atoms with Gasteiger partial charge in [0.2, 0.25) is 0 Å². The van der Waals surface area contributed by atoms with Gasteiger partial charge in [0.1, 0.15) is 0 Å². The van der Waals surface area contributed by atoms with E-state index in [1.807, 2.05) is 24.3 Å². The molecule has 0 aliphatic heterocycles. The van der Waals surface area contributed by atoms with E-state index in [9.17, 15) is 9.90 Å². The molecule has 0 aromatic heterocycles. The van der Waals surface area contributed by atoms with Gasteiger partial charge in [-0.25, -0.2) is 0 Å². The Labute approximate surface area is 144 Å². The van der Waals surface area contributed by atoms with E-state index in [1.54, 1.807) is 0 Å². The molecule has 0 N–H and O–H groups in total. The standard InChI is InChI=1S/C18H12O2.Na/c19-16(20)10-14-7-6-13-5-4-11-2-1-3-12-8-9-15(14)18(13)17(11)12;/h1-9H,10H2,(H,19,20);/q;+1/p-1. The molecular weight excluding hydrogens is 271 g/mol. The van der Waals surface area contributed by atoms with E-state index in [-0.39, 0.29) is 36.0 Å². The monoisotopic (exact) mass is 282 g/mol. The number of carboxylic acids is 1. The van der Waals surface area contributed by atoms with Crippen LogP contribution in [-0.4, -0.2) is 5.97 Å². The largest absolute Gasteiger partial charge is 1.00 e. The molecule has 0 atom stereocenters. The fourth-order valence-electron chi connectivity index (χ4n) is 3.11. The molecule has 0 amide bonds. The number of carbonyl (C=O) groups excluding carboxylic acids is 1. The van der Waals surface area contributed by atoms with E-state index >= 15 is 0 Å². The Hall–Kier alpha value is -1.61. The number of hydrogen-bond donors (Lipinski definition) is 0. The molecule has 4 aromatic carbocycles. The first-order valence-electron chi connectivity index (χ1n) is 6.59. The third-order valence-electron chi connectivity index (χ3n) is 3.95. The summed E-state index contributed by atoms with van der Waals surface area (Å²) in [6.45, 7) is 0. The van der Waals surface area contributed by atoms with E-state index in [0.717, 1.165) is 21.7 Å². The zero-order chi connectivity index (χ0) is 13.7. The molecule has 0 saturated heterocycles. The molecule has 0 spiro atoms. The number of rotatable bonds is 2. The average molecular weight is 282 g/mol. The Morgan fingerprint density at radius 2 is 1.38 bits per heavy atom. The predicted molar refractivity (Wildman–Crippen MR) is 78.9 cm³/mol. The van der Waals surface area contributed by atoms with Gasteiger partial charge in [-0.05, 0) is 37.9 Å². The SMILES string of the molecule is O=C([O-])Cc1ccc2ccc3cccc4ccc1c2c34.[Na+]. The first kappa shape index (κ1) is 14.3. The van der Waals surface area contributed by atoms with E-state index in [1.165, 1.54) is 16.2 Å². The molecule has 0 radical (unpaired) electrons. The topological polar surface area (TPSA) is 40.1 Å². The molecule has 4 rings (SSSR count). The van der Waals surface area contributed by atoms with Crippen molar-refractivity contribution in [2.24, 2.45) is 0 Å². The summed E-state index contributed by atoms with van der Waals surface area (Å²) in [5.41, 5.74) is 0.816. The Kier molecular flexibility index (Phi) is 3.62. The van der Waals surface area contributed by atoms with E-state index < -0.39 is 5.97 Å². The van der Waals surface area contributed by atoms with Crippen LogP contribution in [0.5, 0.6) is 0 Å². The molecule has 0 unspecified atom stereocenters. The Bertz CT molecular complexity index is 944. The molecule has 4 aromatic rings. The Balaban J connectivity index is 0.00000132. The molecule has 2 nitrogen and oxygen atoms in total. The van der Waals surface area contributed by atoms with Gasteiger partial charge in [0.15, 0.2) is 0 Å². The molecular formula is C18H11NaO2. The van der Waals surface area contributed by atoms with Crippen LogP contribution in [-0.2, 0) is 11.2 Å². The van der Waals surface area contributed by atoms with Crippen molar-refractivity contribution in [1.29, 1.82) is 0 Å². The van der Waals surface area contributed by atoms with Crippen LogP contribution >= 0.6 is 0 Å². The second-order valence-electron chi connectivity index (χ2n) is 5.13. The smallest absolute Gasteiger partial charge is 0.550 e. The van der Waals surface area contributed by atoms with Gasteiger partial charge in [-0.1, -0.05) is 54.6 Å². The van der Waals surface area contributed by atoms with Crippen molar-refractivity contribution < 1.29 is 39.5 Å². The summed E-state index contributed by atoms with van der Waals surface area (Å²) < 4.78 is 0. The summed E-state index contributed by atoms with van der Waals surface area (Å²) in [7, 11) is 0. The maximum Gasteiger partial charge on any atom is 1.00 e. The van der Waals surface area contributed by atoms with Gasteiger partial charge in [0, 0.05) is 12.4 Å². The van der Waals surface area contributed by atoms with Gasteiger partial charge in [0.25, 0.3) is 0 Å². The summed E-state index contributed by atoms with van der Waals surface area (Å²) in [5, 5.41) is 17.8. The number of aliphatic carboxylic acids is 1. The van der Waals surface area contributed by atoms with Gasteiger partial charge in [-0.15, -0.1) is 0 Å². The van der Waals surface area contributed by atoms with Crippen LogP contribution in [0.3, 0.4) is 0 Å². The van der Waals surface area contributed by atoms with Crippen molar-refractivity contribution in [3.8, 4) is 0 Å². The molecule has 0 saturated carbocycles. The average Bonchev–Trinajstić information content (AvgIpc) is 2.46. The van der Waals surface area contributed by atoms with Crippen LogP contribution in [0.4, 0.5) is 0 Å². The molecule has 0 bridgehead atoms. The van der Waals surface area contributed by atoms with Crippen LogP contribution in [0, 0.1) is 0 Å². The number of hydrogen-bond acceptors (Lipinski definition) is 2. The van der Waals surface area contributed by atoms with Crippen LogP contribution < -0.4 is 34.7 Å². The third-order valence-corrected chi connectivity index (χ3v) is 3.95. The summed E-state index contributed by atoms with van der Waals surface area (Å²) >= 11 is 0. The first-order valence-corrected chi connectivity index (χ1v) is 6.59. The van der Waals surface area contributed by atoms with Crippen molar-refractivity contribution in [3.05, 3.63) is 60.2 Å². The van der Waals surface area contributed by atoms with Crippen molar-refractivity contribution in [2.45, 2.75) is 6.42 Å². The Morgan fingerprint density at radius 3 is 2.05 bits per heavy atom. The van der Waals surface area contributed by atoms with E-state index in [0.29, 0.717) is 0 Å². The van der Waals surface area contributed by atoms with Crippen LogP contribution in [0.15, 0.2) is 54.6 Å². The van der Waals surface area contributed by atoms with E-state index in [4.69, 9.17) is 0 Å². The van der Waals surface area contributed by atoms with Crippen molar-refractivity contribution in [3.63, 3.8) is 0 Å². The summed E-state index contributed by atoms with van der Waals surface area (Å²) in [5.74, 6) is -1.04. The molecule has 0 aliphatic rings. The maximum absolute atomic E-state index is 10.9. The van der Waals surface area contributed by atoms with Gasteiger partial charge < -0.3 is 9.90 Å². The van der Waals surface area contributed by atoms with Crippen molar-refractivity contribution >= 4 is 38.3 Å². The first-order chi connectivity index (χ1) is 9.74. The molecule has 0 aliphatic carbocycles. The summed E-state index contributed by atoms with van der Waals surface area (Å²) in [6, 6.07) is 18.4. The normalized spacial score (nSPS) is 11.0. The van der Waals surface area contributed by atoms with Crippen molar-refractivity contribution in [2.75, 3.05) is 0 Å². The number of carboxylic acid groups (broad SMARTS) is 1. The van der Waals surface area contributed by atoms with Crippen LogP contribution in [0.2, 0.25) is 0 Å². The molecule has 0 heterocycles. The van der Waals surface area contributed by atoms with Gasteiger partial charge >= 0.3 is 29.6 Å². The zero-order valence-corrected chi connectivity index (χ0v) is 13.7. The van der Waals surface area contributed by atoms with E-state index in [2.05, 4.69) is 30.3 Å². The maximum atomic E-state index is 10.9. The summed E-state index contributed by atoms with van der Waals surface area (Å²) in [4.78, 5) is 10.9. The molecule has 21 heavy (non-hydrogen) atoms. The number of carbonyl (C=O) groups is 1. The number of benzene rings is 4.